The van der Waals surface area contributed by atoms with Crippen LogP contribution in [0.25, 0.3) is 0 Å². The molecule has 0 unspecified atom stereocenters. The van der Waals surface area contributed by atoms with Gasteiger partial charge in [0.15, 0.2) is 18.1 Å². The number of hydrogen-bond donors (Lipinski definition) is 2. The summed E-state index contributed by atoms with van der Waals surface area (Å²) < 4.78 is 15.6. The number of amides is 1. The molecule has 0 aliphatic heterocycles. The zero-order valence-corrected chi connectivity index (χ0v) is 12.2. The van der Waals surface area contributed by atoms with E-state index in [4.69, 9.17) is 14.2 Å². The first-order chi connectivity index (χ1) is 9.71. The summed E-state index contributed by atoms with van der Waals surface area (Å²) in [6.45, 7) is 2.10. The Morgan fingerprint density at radius 2 is 2.05 bits per heavy atom. The molecule has 6 nitrogen and oxygen atoms in total. The quantitative estimate of drug-likeness (QED) is 0.648. The summed E-state index contributed by atoms with van der Waals surface area (Å²) in [7, 11) is 4.80. The standard InChI is InChI=1S/C14H22N2O4/c1-15-14(17)10-20-13-8-11(4-5-12(13)19-3)9-16-6-7-18-2/h4-5,8,16H,6-7,9-10H2,1-3H3,(H,15,17). The summed E-state index contributed by atoms with van der Waals surface area (Å²) in [4.78, 5) is 11.2. The third kappa shape index (κ3) is 5.46. The number of nitrogens with one attached hydrogen (secondary N) is 2. The molecule has 0 radical (unpaired) electrons. The fourth-order valence-corrected chi connectivity index (χ4v) is 1.57. The van der Waals surface area contributed by atoms with Gasteiger partial charge in [-0.3, -0.25) is 4.79 Å². The molecule has 0 aliphatic carbocycles. The molecule has 112 valence electrons. The highest BCUT2D eigenvalue weighted by Gasteiger charge is 2.08. The van der Waals surface area contributed by atoms with E-state index >= 15 is 0 Å². The van der Waals surface area contributed by atoms with Gasteiger partial charge in [-0.05, 0) is 17.7 Å². The predicted molar refractivity (Wildman–Crippen MR) is 76.1 cm³/mol. The number of methoxy groups -OCH3 is 2. The van der Waals surface area contributed by atoms with Crippen LogP contribution in [0, 0.1) is 0 Å². The molecule has 2 N–H and O–H groups in total. The average molecular weight is 282 g/mol. The minimum absolute atomic E-state index is 0.0343. The van der Waals surface area contributed by atoms with Gasteiger partial charge in [-0.15, -0.1) is 0 Å². The van der Waals surface area contributed by atoms with E-state index in [1.807, 2.05) is 18.2 Å². The summed E-state index contributed by atoms with van der Waals surface area (Å²) in [5.41, 5.74) is 1.05. The largest absolute Gasteiger partial charge is 0.493 e. The SMILES string of the molecule is CNC(=O)COc1cc(CNCCOC)ccc1OC. The van der Waals surface area contributed by atoms with Gasteiger partial charge in [0, 0.05) is 27.2 Å². The predicted octanol–water partition coefficient (Wildman–Crippen LogP) is 0.556. The summed E-state index contributed by atoms with van der Waals surface area (Å²) in [5.74, 6) is 0.979. The Morgan fingerprint density at radius 1 is 1.25 bits per heavy atom. The van der Waals surface area contributed by atoms with Crippen molar-refractivity contribution in [3.63, 3.8) is 0 Å². The first-order valence-electron chi connectivity index (χ1n) is 6.41. The zero-order chi connectivity index (χ0) is 14.8. The Morgan fingerprint density at radius 3 is 2.70 bits per heavy atom. The molecule has 1 aromatic carbocycles. The van der Waals surface area contributed by atoms with Gasteiger partial charge in [0.25, 0.3) is 5.91 Å². The second-order valence-corrected chi connectivity index (χ2v) is 4.12. The lowest BCUT2D eigenvalue weighted by Gasteiger charge is -2.12. The van der Waals surface area contributed by atoms with Crippen LogP contribution in [0.5, 0.6) is 11.5 Å². The first-order valence-corrected chi connectivity index (χ1v) is 6.41. The second-order valence-electron chi connectivity index (χ2n) is 4.12. The van der Waals surface area contributed by atoms with Gasteiger partial charge < -0.3 is 24.8 Å². The minimum Gasteiger partial charge on any atom is -0.493 e. The molecule has 0 saturated carbocycles. The number of benzene rings is 1. The smallest absolute Gasteiger partial charge is 0.257 e. The van der Waals surface area contributed by atoms with Gasteiger partial charge in [-0.1, -0.05) is 6.07 Å². The molecular weight excluding hydrogens is 260 g/mol. The van der Waals surface area contributed by atoms with Gasteiger partial charge in [-0.2, -0.15) is 0 Å². The Bertz CT molecular complexity index is 424. The Hall–Kier alpha value is -1.79. The number of likely N-dealkylation sites (N-methyl/N-ethyl adjacent to an activating group) is 1. The second kappa shape index (κ2) is 9.17. The van der Waals surface area contributed by atoms with Gasteiger partial charge in [-0.25, -0.2) is 0 Å². The van der Waals surface area contributed by atoms with Gasteiger partial charge in [0.05, 0.1) is 13.7 Å². The molecule has 0 aliphatic rings. The van der Waals surface area contributed by atoms with E-state index in [2.05, 4.69) is 10.6 Å². The van der Waals surface area contributed by atoms with E-state index in [0.29, 0.717) is 24.7 Å². The number of hydrogen-bond acceptors (Lipinski definition) is 5. The van der Waals surface area contributed by atoms with Crippen LogP contribution in [0.1, 0.15) is 5.56 Å². The van der Waals surface area contributed by atoms with Gasteiger partial charge in [0.2, 0.25) is 0 Å². The molecule has 1 aromatic rings. The fourth-order valence-electron chi connectivity index (χ4n) is 1.57. The number of carbonyl (C=O) groups excluding carboxylic acids is 1. The Labute approximate surface area is 119 Å². The highest BCUT2D eigenvalue weighted by Crippen LogP contribution is 2.27. The summed E-state index contributed by atoms with van der Waals surface area (Å²) >= 11 is 0. The van der Waals surface area contributed by atoms with Crippen molar-refractivity contribution in [3.05, 3.63) is 23.8 Å². The number of rotatable bonds is 9. The lowest BCUT2D eigenvalue weighted by molar-refractivity contribution is -0.122. The topological polar surface area (TPSA) is 68.8 Å². The van der Waals surface area contributed by atoms with Gasteiger partial charge >= 0.3 is 0 Å². The van der Waals surface area contributed by atoms with E-state index in [0.717, 1.165) is 12.1 Å². The van der Waals surface area contributed by atoms with E-state index in [1.54, 1.807) is 21.3 Å². The van der Waals surface area contributed by atoms with E-state index in [1.165, 1.54) is 0 Å². The molecule has 0 heterocycles. The molecule has 1 rings (SSSR count). The van der Waals surface area contributed by atoms with Gasteiger partial charge in [0.1, 0.15) is 0 Å². The van der Waals surface area contributed by atoms with Crippen LogP contribution in [0.15, 0.2) is 18.2 Å². The third-order valence-electron chi connectivity index (χ3n) is 2.68. The lowest BCUT2D eigenvalue weighted by Crippen LogP contribution is -2.25. The Balaban J connectivity index is 2.62. The van der Waals surface area contributed by atoms with E-state index < -0.39 is 0 Å². The molecule has 0 fully saturated rings. The summed E-state index contributed by atoms with van der Waals surface area (Å²) in [6, 6.07) is 5.64. The van der Waals surface area contributed by atoms with Crippen LogP contribution in [0.3, 0.4) is 0 Å². The number of carbonyl (C=O) groups is 1. The molecule has 0 spiro atoms. The van der Waals surface area contributed by atoms with Crippen LogP contribution in [-0.4, -0.2) is 46.9 Å². The molecular formula is C14H22N2O4. The average Bonchev–Trinajstić information content (AvgIpc) is 2.49. The first kappa shape index (κ1) is 16.3. The van der Waals surface area contributed by atoms with Crippen LogP contribution in [0.2, 0.25) is 0 Å². The van der Waals surface area contributed by atoms with Crippen molar-refractivity contribution >= 4 is 5.91 Å². The monoisotopic (exact) mass is 282 g/mol. The van der Waals surface area contributed by atoms with Crippen LogP contribution < -0.4 is 20.1 Å². The normalized spacial score (nSPS) is 10.2. The molecule has 0 bridgehead atoms. The molecule has 0 saturated heterocycles. The van der Waals surface area contributed by atoms with Crippen molar-refractivity contribution < 1.29 is 19.0 Å². The maximum Gasteiger partial charge on any atom is 0.257 e. The van der Waals surface area contributed by atoms with Crippen LogP contribution >= 0.6 is 0 Å². The van der Waals surface area contributed by atoms with Crippen molar-refractivity contribution in [3.8, 4) is 11.5 Å². The summed E-state index contributed by atoms with van der Waals surface area (Å²) in [6.07, 6.45) is 0. The molecule has 20 heavy (non-hydrogen) atoms. The van der Waals surface area contributed by atoms with Crippen molar-refractivity contribution in [2.75, 3.05) is 41.0 Å². The third-order valence-corrected chi connectivity index (χ3v) is 2.68. The highest BCUT2D eigenvalue weighted by molar-refractivity contribution is 5.77. The summed E-state index contributed by atoms with van der Waals surface area (Å²) in [5, 5.41) is 5.75. The Kier molecular flexibility index (Phi) is 7.46. The van der Waals surface area contributed by atoms with Crippen molar-refractivity contribution in [2.24, 2.45) is 0 Å². The fraction of sp³-hybridized carbons (Fsp3) is 0.500. The molecule has 6 heteroatoms. The number of ether oxygens (including phenoxy) is 3. The van der Waals surface area contributed by atoms with E-state index in [-0.39, 0.29) is 12.5 Å². The molecule has 0 aromatic heterocycles. The molecule has 1 amide bonds. The highest BCUT2D eigenvalue weighted by atomic mass is 16.5. The lowest BCUT2D eigenvalue weighted by atomic mass is 10.2. The van der Waals surface area contributed by atoms with Crippen molar-refractivity contribution in [1.82, 2.24) is 10.6 Å². The van der Waals surface area contributed by atoms with Crippen molar-refractivity contribution in [2.45, 2.75) is 6.54 Å². The molecule has 0 atom stereocenters. The maximum absolute atomic E-state index is 11.2. The van der Waals surface area contributed by atoms with Crippen molar-refractivity contribution in [1.29, 1.82) is 0 Å². The maximum atomic E-state index is 11.2. The van der Waals surface area contributed by atoms with E-state index in [9.17, 15) is 4.79 Å². The van der Waals surface area contributed by atoms with Crippen LogP contribution in [-0.2, 0) is 16.1 Å². The van der Waals surface area contributed by atoms with Crippen LogP contribution in [0.4, 0.5) is 0 Å². The zero-order valence-electron chi connectivity index (χ0n) is 12.2. The minimum atomic E-state index is -0.185.